The van der Waals surface area contributed by atoms with E-state index in [-0.39, 0.29) is 33.8 Å². The van der Waals surface area contributed by atoms with Gasteiger partial charge in [0.05, 0.1) is 44.6 Å². The van der Waals surface area contributed by atoms with Crippen molar-refractivity contribution in [1.82, 2.24) is 0 Å². The number of nitrogens with two attached hydrogens (primary N) is 6. The standard InChI is InChI=1S/C44H68N10O4S2/c1-43(2,3)29-23-33(37(59-20-18-47)35(25-29)53-41(57)31(49)14-7-9-16-45)51-39(55)27-12-11-13-28(22-27)40(56)52-34-24-30(44(4,5)6)26-36(38(34)60-21-19-48)54-42(58)32(50)15-8-10-17-46/h11-13,22-26,31-32H,7-10,14-21,45-50H2,1-6H3,(H,51,55)(H,52,56)(H,53,57)(H,54,58). The maximum Gasteiger partial charge on any atom is 0.255 e. The number of hydrogen-bond donors (Lipinski definition) is 10. The number of hydrogen-bond acceptors (Lipinski definition) is 12. The first-order chi connectivity index (χ1) is 28.3. The zero-order chi connectivity index (χ0) is 44.6. The summed E-state index contributed by atoms with van der Waals surface area (Å²) >= 11 is 2.82. The van der Waals surface area contributed by atoms with Crippen molar-refractivity contribution in [2.45, 2.75) is 113 Å². The van der Waals surface area contributed by atoms with E-state index in [4.69, 9.17) is 34.4 Å². The molecule has 0 saturated carbocycles. The van der Waals surface area contributed by atoms with Crippen molar-refractivity contribution in [3.05, 3.63) is 70.8 Å². The molecule has 4 amide bonds. The minimum absolute atomic E-state index is 0.240. The van der Waals surface area contributed by atoms with E-state index in [1.165, 1.54) is 29.6 Å². The molecule has 3 aromatic carbocycles. The van der Waals surface area contributed by atoms with Crippen LogP contribution in [0.3, 0.4) is 0 Å². The lowest BCUT2D eigenvalue weighted by Gasteiger charge is -2.25. The van der Waals surface area contributed by atoms with Gasteiger partial charge in [0.2, 0.25) is 11.8 Å². The highest BCUT2D eigenvalue weighted by molar-refractivity contribution is 7.99. The fraction of sp³-hybridized carbons (Fsp3) is 0.500. The third kappa shape index (κ3) is 15.2. The van der Waals surface area contributed by atoms with Crippen LogP contribution in [-0.2, 0) is 20.4 Å². The average molecular weight is 865 g/mol. The second-order valence-electron chi connectivity index (χ2n) is 16.8. The molecule has 0 spiro atoms. The van der Waals surface area contributed by atoms with Crippen molar-refractivity contribution in [1.29, 1.82) is 0 Å². The van der Waals surface area contributed by atoms with Crippen LogP contribution >= 0.6 is 23.5 Å². The van der Waals surface area contributed by atoms with Crippen molar-refractivity contribution < 1.29 is 19.2 Å². The molecule has 0 heterocycles. The minimum Gasteiger partial charge on any atom is -0.330 e. The lowest BCUT2D eigenvalue weighted by molar-refractivity contribution is -0.118. The minimum atomic E-state index is -0.736. The predicted octanol–water partition coefficient (Wildman–Crippen LogP) is 5.68. The van der Waals surface area contributed by atoms with Crippen molar-refractivity contribution in [2.75, 3.05) is 59.0 Å². The number of nitrogens with one attached hydrogen (secondary N) is 4. The summed E-state index contributed by atoms with van der Waals surface area (Å²) in [5.41, 5.74) is 39.2. The second kappa shape index (κ2) is 23.9. The van der Waals surface area contributed by atoms with E-state index in [1.807, 2.05) is 65.8 Å². The number of thioether (sulfide) groups is 2. The first kappa shape index (κ1) is 50.4. The Balaban J connectivity index is 2.01. The molecule has 2 atom stereocenters. The fourth-order valence-electron chi connectivity index (χ4n) is 6.05. The summed E-state index contributed by atoms with van der Waals surface area (Å²) in [4.78, 5) is 56.0. The lowest BCUT2D eigenvalue weighted by atomic mass is 9.86. The van der Waals surface area contributed by atoms with Crippen LogP contribution < -0.4 is 55.7 Å². The fourth-order valence-corrected chi connectivity index (χ4v) is 7.75. The summed E-state index contributed by atoms with van der Waals surface area (Å²) < 4.78 is 0. The Morgan fingerprint density at radius 1 is 0.533 bits per heavy atom. The Morgan fingerprint density at radius 2 is 0.883 bits per heavy atom. The quantitative estimate of drug-likeness (QED) is 0.0432. The monoisotopic (exact) mass is 864 g/mol. The third-order valence-corrected chi connectivity index (χ3v) is 12.0. The zero-order valence-corrected chi connectivity index (χ0v) is 37.8. The summed E-state index contributed by atoms with van der Waals surface area (Å²) in [5, 5.41) is 12.1. The van der Waals surface area contributed by atoms with Crippen molar-refractivity contribution in [3.8, 4) is 0 Å². The van der Waals surface area contributed by atoms with E-state index < -0.39 is 23.9 Å². The molecule has 0 bridgehead atoms. The molecule has 0 aliphatic rings. The Labute approximate surface area is 364 Å². The molecule has 16 N–H and O–H groups in total. The van der Waals surface area contributed by atoms with Gasteiger partial charge in [-0.1, -0.05) is 60.5 Å². The summed E-state index contributed by atoms with van der Waals surface area (Å²) in [6.45, 7) is 14.0. The zero-order valence-electron chi connectivity index (χ0n) is 36.2. The molecule has 0 fully saturated rings. The number of rotatable bonds is 22. The molecular formula is C44H68N10O4S2. The van der Waals surface area contributed by atoms with Crippen LogP contribution in [0.4, 0.5) is 22.7 Å². The molecule has 3 rings (SSSR count). The molecule has 0 aliphatic heterocycles. The molecule has 3 aromatic rings. The topological polar surface area (TPSA) is 273 Å². The summed E-state index contributed by atoms with van der Waals surface area (Å²) in [5.74, 6) is -0.539. The van der Waals surface area contributed by atoms with E-state index in [9.17, 15) is 19.2 Å². The van der Waals surface area contributed by atoms with E-state index in [2.05, 4.69) is 21.3 Å². The number of carbonyl (C=O) groups excluding carboxylic acids is 4. The smallest absolute Gasteiger partial charge is 0.255 e. The van der Waals surface area contributed by atoms with Gasteiger partial charge in [0.15, 0.2) is 0 Å². The number of unbranched alkanes of at least 4 members (excludes halogenated alkanes) is 2. The van der Waals surface area contributed by atoms with Gasteiger partial charge in [-0.3, -0.25) is 19.2 Å². The number of amides is 4. The first-order valence-electron chi connectivity index (χ1n) is 20.6. The van der Waals surface area contributed by atoms with E-state index in [0.717, 1.165) is 36.8 Å². The Kier molecular flexibility index (Phi) is 20.0. The number of benzene rings is 3. The molecule has 0 aromatic heterocycles. The van der Waals surface area contributed by atoms with Crippen LogP contribution in [0.1, 0.15) is 112 Å². The molecule has 16 heteroatoms. The van der Waals surface area contributed by atoms with Gasteiger partial charge in [-0.2, -0.15) is 0 Å². The maximum atomic E-state index is 14.1. The van der Waals surface area contributed by atoms with Gasteiger partial charge < -0.3 is 55.7 Å². The molecule has 0 aliphatic carbocycles. The SMILES string of the molecule is CC(C)(C)c1cc(NC(=O)c2cccc(C(=O)Nc3cc(C(C)(C)C)cc(NC(=O)C(N)CCCCN)c3SCCN)c2)c(SCCN)c(NC(=O)C(N)CCCCN)c1. The van der Waals surface area contributed by atoms with Crippen molar-refractivity contribution >= 4 is 69.9 Å². The van der Waals surface area contributed by atoms with Gasteiger partial charge in [-0.25, -0.2) is 0 Å². The molecule has 2 unspecified atom stereocenters. The van der Waals surface area contributed by atoms with Crippen LogP contribution in [0.5, 0.6) is 0 Å². The Morgan fingerprint density at radius 3 is 1.20 bits per heavy atom. The second-order valence-corrected chi connectivity index (χ2v) is 19.0. The van der Waals surface area contributed by atoms with E-state index in [0.29, 0.717) is 83.1 Å². The van der Waals surface area contributed by atoms with Gasteiger partial charge in [0, 0.05) is 35.7 Å². The van der Waals surface area contributed by atoms with Gasteiger partial charge in [0.1, 0.15) is 0 Å². The van der Waals surface area contributed by atoms with Crippen LogP contribution in [0.15, 0.2) is 58.3 Å². The normalized spacial score (nSPS) is 12.7. The van der Waals surface area contributed by atoms with Crippen molar-refractivity contribution in [2.24, 2.45) is 34.4 Å². The molecule has 0 radical (unpaired) electrons. The van der Waals surface area contributed by atoms with Gasteiger partial charge in [-0.15, -0.1) is 23.5 Å². The molecule has 0 saturated heterocycles. The predicted molar refractivity (Wildman–Crippen MR) is 251 cm³/mol. The van der Waals surface area contributed by atoms with Crippen LogP contribution in [0, 0.1) is 0 Å². The summed E-state index contributed by atoms with van der Waals surface area (Å²) in [7, 11) is 0. The van der Waals surface area contributed by atoms with Gasteiger partial charge in [0.25, 0.3) is 11.8 Å². The maximum absolute atomic E-state index is 14.1. The van der Waals surface area contributed by atoms with Gasteiger partial charge >= 0.3 is 0 Å². The highest BCUT2D eigenvalue weighted by Crippen LogP contribution is 2.41. The molecular weight excluding hydrogens is 797 g/mol. The van der Waals surface area contributed by atoms with Crippen LogP contribution in [-0.4, -0.2) is 73.4 Å². The highest BCUT2D eigenvalue weighted by atomic mass is 32.2. The van der Waals surface area contributed by atoms with E-state index in [1.54, 1.807) is 18.2 Å². The van der Waals surface area contributed by atoms with Gasteiger partial charge in [-0.05, 0) is 103 Å². The Hall–Kier alpha value is -4.00. The molecule has 14 nitrogen and oxygen atoms in total. The lowest BCUT2D eigenvalue weighted by Crippen LogP contribution is -2.36. The summed E-state index contributed by atoms with van der Waals surface area (Å²) in [6.07, 6.45) is 3.95. The highest BCUT2D eigenvalue weighted by Gasteiger charge is 2.26. The summed E-state index contributed by atoms with van der Waals surface area (Å²) in [6, 6.07) is 12.6. The largest absolute Gasteiger partial charge is 0.330 e. The number of carbonyl (C=O) groups is 4. The van der Waals surface area contributed by atoms with Crippen molar-refractivity contribution in [3.63, 3.8) is 0 Å². The average Bonchev–Trinajstić information content (AvgIpc) is 3.19. The van der Waals surface area contributed by atoms with Crippen LogP contribution in [0.2, 0.25) is 0 Å². The van der Waals surface area contributed by atoms with Crippen LogP contribution in [0.25, 0.3) is 0 Å². The molecule has 330 valence electrons. The van der Waals surface area contributed by atoms with E-state index >= 15 is 0 Å². The first-order valence-corrected chi connectivity index (χ1v) is 22.6. The third-order valence-electron chi connectivity index (χ3n) is 9.65. The number of anilines is 4. The Bertz CT molecular complexity index is 1800. The molecule has 60 heavy (non-hydrogen) atoms.